The number of aryl methyl sites for hydroxylation is 3. The summed E-state index contributed by atoms with van der Waals surface area (Å²) in [7, 11) is -1.71. The fourth-order valence-electron chi connectivity index (χ4n) is 2.34. The van der Waals surface area contributed by atoms with Gasteiger partial charge < -0.3 is 15.2 Å². The molecular formula is C17H28N6O2S2. The van der Waals surface area contributed by atoms with Gasteiger partial charge in [0, 0.05) is 50.4 Å². The smallest absolute Gasteiger partial charge is 0.242 e. The van der Waals surface area contributed by atoms with Gasteiger partial charge in [0.1, 0.15) is 0 Å². The molecule has 3 N–H and O–H groups in total. The molecule has 0 saturated heterocycles. The van der Waals surface area contributed by atoms with Gasteiger partial charge in [-0.1, -0.05) is 0 Å². The van der Waals surface area contributed by atoms with Gasteiger partial charge in [-0.25, -0.2) is 18.1 Å². The normalized spacial score (nSPS) is 12.4. The first kappa shape index (κ1) is 21.4. The summed E-state index contributed by atoms with van der Waals surface area (Å²) in [5.74, 6) is 0.668. The van der Waals surface area contributed by atoms with Crippen molar-refractivity contribution in [2.45, 2.75) is 32.1 Å². The molecular weight excluding hydrogens is 384 g/mol. The Morgan fingerprint density at radius 2 is 2.07 bits per heavy atom. The second-order valence-corrected chi connectivity index (χ2v) is 9.15. The van der Waals surface area contributed by atoms with E-state index < -0.39 is 10.0 Å². The highest BCUT2D eigenvalue weighted by molar-refractivity contribution is 7.89. The van der Waals surface area contributed by atoms with Gasteiger partial charge in [-0.2, -0.15) is 0 Å². The van der Waals surface area contributed by atoms with Crippen molar-refractivity contribution in [2.24, 2.45) is 12.0 Å². The van der Waals surface area contributed by atoms with E-state index in [1.54, 1.807) is 41.4 Å². The fourth-order valence-corrected chi connectivity index (χ4v) is 4.35. The summed E-state index contributed by atoms with van der Waals surface area (Å²) >= 11 is 1.71. The van der Waals surface area contributed by atoms with E-state index in [4.69, 9.17) is 0 Å². The molecule has 0 fully saturated rings. The van der Waals surface area contributed by atoms with Crippen LogP contribution < -0.4 is 15.4 Å². The van der Waals surface area contributed by atoms with Gasteiger partial charge in [0.15, 0.2) is 5.96 Å². The van der Waals surface area contributed by atoms with E-state index in [0.717, 1.165) is 23.7 Å². The van der Waals surface area contributed by atoms with Crippen LogP contribution in [0.4, 0.5) is 0 Å². The number of thiazole rings is 1. The van der Waals surface area contributed by atoms with Crippen LogP contribution in [0.15, 0.2) is 28.3 Å². The lowest BCUT2D eigenvalue weighted by molar-refractivity contribution is 0.582. The van der Waals surface area contributed by atoms with Gasteiger partial charge in [-0.3, -0.25) is 4.99 Å². The van der Waals surface area contributed by atoms with Crippen LogP contribution in [-0.2, 0) is 23.5 Å². The van der Waals surface area contributed by atoms with E-state index in [2.05, 4.69) is 32.3 Å². The molecule has 0 radical (unpaired) electrons. The lowest BCUT2D eigenvalue weighted by Gasteiger charge is -2.11. The van der Waals surface area contributed by atoms with E-state index in [1.807, 2.05) is 13.8 Å². The van der Waals surface area contributed by atoms with Crippen molar-refractivity contribution in [1.29, 1.82) is 0 Å². The van der Waals surface area contributed by atoms with E-state index in [1.165, 1.54) is 4.88 Å². The van der Waals surface area contributed by atoms with Crippen LogP contribution in [0.3, 0.4) is 0 Å². The summed E-state index contributed by atoms with van der Waals surface area (Å²) in [6, 6.07) is 1.57. The van der Waals surface area contributed by atoms with Gasteiger partial charge in [-0.05, 0) is 26.8 Å². The van der Waals surface area contributed by atoms with Gasteiger partial charge in [-0.15, -0.1) is 11.3 Å². The number of sulfonamides is 1. The maximum absolute atomic E-state index is 12.2. The lowest BCUT2D eigenvalue weighted by Crippen LogP contribution is -2.39. The van der Waals surface area contributed by atoms with Crippen molar-refractivity contribution in [2.75, 3.05) is 26.2 Å². The van der Waals surface area contributed by atoms with E-state index in [-0.39, 0.29) is 11.4 Å². The number of nitrogens with one attached hydrogen (secondary N) is 3. The molecule has 0 aliphatic carbocycles. The summed E-state index contributed by atoms with van der Waals surface area (Å²) in [6.07, 6.45) is 4.09. The Bertz CT molecular complexity index is 850. The second-order valence-electron chi connectivity index (χ2n) is 6.10. The Labute approximate surface area is 165 Å². The number of nitrogens with zero attached hydrogens (tertiary/aromatic N) is 3. The van der Waals surface area contributed by atoms with Crippen LogP contribution in [0.1, 0.15) is 22.5 Å². The molecule has 2 heterocycles. The molecule has 0 aliphatic rings. The zero-order valence-corrected chi connectivity index (χ0v) is 17.9. The molecule has 0 atom stereocenters. The Balaban J connectivity index is 1.80. The average Bonchev–Trinajstić information content (AvgIpc) is 3.18. The first-order valence-corrected chi connectivity index (χ1v) is 11.2. The highest BCUT2D eigenvalue weighted by atomic mass is 32.2. The average molecular weight is 413 g/mol. The monoisotopic (exact) mass is 412 g/mol. The number of hydrogen-bond donors (Lipinski definition) is 3. The van der Waals surface area contributed by atoms with Crippen LogP contribution in [0, 0.1) is 13.8 Å². The Hall–Kier alpha value is -1.91. The molecule has 0 saturated carbocycles. The molecule has 0 bridgehead atoms. The zero-order chi connectivity index (χ0) is 19.9. The van der Waals surface area contributed by atoms with Crippen molar-refractivity contribution in [3.05, 3.63) is 34.0 Å². The van der Waals surface area contributed by atoms with Crippen LogP contribution in [0.5, 0.6) is 0 Å². The van der Waals surface area contributed by atoms with Crippen LogP contribution in [0.2, 0.25) is 0 Å². The standard InChI is InChI=1S/C17H28N6O2S2/c1-5-18-17(19-8-6-16-22-13(2)14(3)26-16)20-9-10-21-27(24,25)15-7-11-23(4)12-15/h7,11-12,21H,5-6,8-10H2,1-4H3,(H2,18,19,20). The van der Waals surface area contributed by atoms with Crippen LogP contribution >= 0.6 is 11.3 Å². The predicted molar refractivity (Wildman–Crippen MR) is 110 cm³/mol. The molecule has 150 valence electrons. The number of hydrogen-bond acceptors (Lipinski definition) is 5. The van der Waals surface area contributed by atoms with Crippen molar-refractivity contribution < 1.29 is 8.42 Å². The van der Waals surface area contributed by atoms with E-state index >= 15 is 0 Å². The van der Waals surface area contributed by atoms with E-state index in [9.17, 15) is 8.42 Å². The molecule has 2 aromatic heterocycles. The summed E-state index contributed by atoms with van der Waals surface area (Å²) in [5, 5.41) is 7.52. The third-order valence-electron chi connectivity index (χ3n) is 3.84. The Kier molecular flexibility index (Phi) is 7.81. The van der Waals surface area contributed by atoms with Gasteiger partial charge in [0.2, 0.25) is 10.0 Å². The first-order valence-electron chi connectivity index (χ1n) is 8.88. The number of aliphatic imine (C=N–C) groups is 1. The minimum Gasteiger partial charge on any atom is -0.357 e. The molecule has 0 amide bonds. The molecule has 2 rings (SSSR count). The minimum atomic E-state index is -3.49. The quantitative estimate of drug-likeness (QED) is 0.326. The predicted octanol–water partition coefficient (Wildman–Crippen LogP) is 1.17. The zero-order valence-electron chi connectivity index (χ0n) is 16.2. The third kappa shape index (κ3) is 6.64. The Morgan fingerprint density at radius 1 is 1.30 bits per heavy atom. The Morgan fingerprint density at radius 3 is 2.67 bits per heavy atom. The lowest BCUT2D eigenvalue weighted by atomic mass is 10.4. The van der Waals surface area contributed by atoms with Gasteiger partial charge in [0.25, 0.3) is 0 Å². The topological polar surface area (TPSA) is 100 Å². The van der Waals surface area contributed by atoms with Crippen molar-refractivity contribution in [3.63, 3.8) is 0 Å². The molecule has 0 spiro atoms. The number of guanidine groups is 1. The third-order valence-corrected chi connectivity index (χ3v) is 6.42. The first-order chi connectivity index (χ1) is 12.8. The van der Waals surface area contributed by atoms with Crippen molar-refractivity contribution in [1.82, 2.24) is 24.9 Å². The molecule has 0 aromatic carbocycles. The summed E-state index contributed by atoms with van der Waals surface area (Å²) in [4.78, 5) is 10.4. The summed E-state index contributed by atoms with van der Waals surface area (Å²) < 4.78 is 28.6. The highest BCUT2D eigenvalue weighted by Gasteiger charge is 2.13. The number of rotatable bonds is 9. The van der Waals surface area contributed by atoms with Crippen LogP contribution in [-0.4, -0.2) is 50.1 Å². The van der Waals surface area contributed by atoms with Gasteiger partial charge >= 0.3 is 0 Å². The summed E-state index contributed by atoms with van der Waals surface area (Å²) in [5.41, 5.74) is 1.08. The molecule has 8 nitrogen and oxygen atoms in total. The molecule has 2 aromatic rings. The summed E-state index contributed by atoms with van der Waals surface area (Å²) in [6.45, 7) is 8.11. The largest absolute Gasteiger partial charge is 0.357 e. The van der Waals surface area contributed by atoms with E-state index in [0.29, 0.717) is 19.0 Å². The van der Waals surface area contributed by atoms with Crippen molar-refractivity contribution in [3.8, 4) is 0 Å². The van der Waals surface area contributed by atoms with Crippen LogP contribution in [0.25, 0.3) is 0 Å². The maximum Gasteiger partial charge on any atom is 0.242 e. The fraction of sp³-hybridized carbons (Fsp3) is 0.529. The van der Waals surface area contributed by atoms with Gasteiger partial charge in [0.05, 0.1) is 22.1 Å². The van der Waals surface area contributed by atoms with Crippen molar-refractivity contribution >= 4 is 27.3 Å². The maximum atomic E-state index is 12.2. The molecule has 27 heavy (non-hydrogen) atoms. The second kappa shape index (κ2) is 9.86. The highest BCUT2D eigenvalue weighted by Crippen LogP contribution is 2.16. The molecule has 0 aliphatic heterocycles. The molecule has 10 heteroatoms. The SMILES string of the molecule is CCNC(=NCCNS(=O)(=O)c1ccn(C)c1)NCCc1nc(C)c(C)s1. The minimum absolute atomic E-state index is 0.235. The number of aromatic nitrogens is 2. The molecule has 0 unspecified atom stereocenters.